The molecule has 5 rings (SSSR count). The molecule has 1 aliphatic heterocycles. The van der Waals surface area contributed by atoms with E-state index in [9.17, 15) is 4.79 Å². The van der Waals surface area contributed by atoms with Crippen molar-refractivity contribution in [2.24, 2.45) is 0 Å². The molecule has 4 aromatic rings. The van der Waals surface area contributed by atoms with E-state index in [1.165, 1.54) is 10.4 Å². The number of H-pyrrole nitrogens is 1. The van der Waals surface area contributed by atoms with E-state index >= 15 is 0 Å². The molecule has 6 nitrogen and oxygen atoms in total. The first-order valence-corrected chi connectivity index (χ1v) is 10.5. The average Bonchev–Trinajstić information content (AvgIpc) is 3.30. The number of piperazine rings is 1. The minimum Gasteiger partial charge on any atom is -0.304 e. The van der Waals surface area contributed by atoms with Gasteiger partial charge in [0.25, 0.3) is 0 Å². The Hall–Kier alpha value is -2.48. The van der Waals surface area contributed by atoms with Crippen LogP contribution in [-0.4, -0.2) is 57.6 Å². The van der Waals surface area contributed by atoms with Crippen molar-refractivity contribution in [1.29, 1.82) is 0 Å². The van der Waals surface area contributed by atoms with E-state index in [2.05, 4.69) is 63.6 Å². The smallest absolute Gasteiger partial charge is 0.304 e. The molecule has 3 aromatic heterocycles. The Morgan fingerprint density at radius 1 is 1.11 bits per heavy atom. The minimum atomic E-state index is -0.196. The number of fused-ring (bicyclic) bond motifs is 3. The summed E-state index contributed by atoms with van der Waals surface area (Å²) in [5, 5.41) is 9.98. The summed E-state index contributed by atoms with van der Waals surface area (Å²) in [6.07, 6.45) is 0. The number of hydrogen-bond acceptors (Lipinski definition) is 5. The first kappa shape index (κ1) is 17.6. The fourth-order valence-corrected chi connectivity index (χ4v) is 4.92. The van der Waals surface area contributed by atoms with E-state index in [4.69, 9.17) is 0 Å². The second-order valence-corrected chi connectivity index (χ2v) is 8.66. The van der Waals surface area contributed by atoms with Crippen LogP contribution in [0.5, 0.6) is 0 Å². The Labute approximate surface area is 167 Å². The molecule has 1 aliphatic rings. The van der Waals surface area contributed by atoms with Crippen LogP contribution in [0.2, 0.25) is 0 Å². The fraction of sp³-hybridized carbons (Fsp3) is 0.333. The number of nitrogens with one attached hydrogen (secondary N) is 1. The van der Waals surface area contributed by atoms with E-state index in [0.717, 1.165) is 54.8 Å². The highest BCUT2D eigenvalue weighted by molar-refractivity contribution is 7.10. The molecule has 28 heavy (non-hydrogen) atoms. The third-order valence-corrected chi connectivity index (χ3v) is 6.59. The van der Waals surface area contributed by atoms with Crippen LogP contribution in [0.1, 0.15) is 10.4 Å². The Kier molecular flexibility index (Phi) is 4.30. The van der Waals surface area contributed by atoms with Gasteiger partial charge in [0.2, 0.25) is 0 Å². The van der Waals surface area contributed by atoms with Gasteiger partial charge in [0.05, 0.1) is 5.52 Å². The zero-order chi connectivity index (χ0) is 19.3. The van der Waals surface area contributed by atoms with Gasteiger partial charge in [-0.2, -0.15) is 5.10 Å². The summed E-state index contributed by atoms with van der Waals surface area (Å²) < 4.78 is 1.66. The van der Waals surface area contributed by atoms with E-state index in [1.807, 2.05) is 17.4 Å². The fourth-order valence-electron chi connectivity index (χ4n) is 3.98. The van der Waals surface area contributed by atoms with Crippen LogP contribution in [0.4, 0.5) is 0 Å². The Bertz CT molecular complexity index is 1210. The molecule has 0 bridgehead atoms. The van der Waals surface area contributed by atoms with Crippen molar-refractivity contribution >= 4 is 27.9 Å². The van der Waals surface area contributed by atoms with Crippen molar-refractivity contribution in [2.75, 3.05) is 33.2 Å². The molecular weight excluding hydrogens is 370 g/mol. The van der Waals surface area contributed by atoms with Crippen molar-refractivity contribution in [2.45, 2.75) is 13.5 Å². The summed E-state index contributed by atoms with van der Waals surface area (Å²) in [6, 6.07) is 10.6. The highest BCUT2D eigenvalue weighted by Crippen LogP contribution is 2.30. The molecule has 0 spiro atoms. The number of benzene rings is 1. The summed E-state index contributed by atoms with van der Waals surface area (Å²) in [5.74, 6) is 0. The maximum absolute atomic E-state index is 12.2. The predicted molar refractivity (Wildman–Crippen MR) is 114 cm³/mol. The van der Waals surface area contributed by atoms with E-state index in [-0.39, 0.29) is 5.69 Å². The molecule has 1 aromatic carbocycles. The lowest BCUT2D eigenvalue weighted by Gasteiger charge is -2.31. The highest BCUT2D eigenvalue weighted by Gasteiger charge is 2.15. The lowest BCUT2D eigenvalue weighted by molar-refractivity contribution is 0.149. The Morgan fingerprint density at radius 2 is 1.93 bits per heavy atom. The van der Waals surface area contributed by atoms with Gasteiger partial charge in [-0.05, 0) is 54.2 Å². The van der Waals surface area contributed by atoms with Crippen molar-refractivity contribution in [3.8, 4) is 11.1 Å². The zero-order valence-corrected chi connectivity index (χ0v) is 16.9. The van der Waals surface area contributed by atoms with Crippen LogP contribution in [0.25, 0.3) is 27.7 Å². The van der Waals surface area contributed by atoms with E-state index < -0.39 is 0 Å². The third kappa shape index (κ3) is 3.05. The van der Waals surface area contributed by atoms with Gasteiger partial charge in [-0.1, -0.05) is 12.1 Å². The molecule has 4 heterocycles. The normalized spacial score (nSPS) is 16.4. The molecule has 7 heteroatoms. The van der Waals surface area contributed by atoms with Crippen LogP contribution < -0.4 is 5.69 Å². The first-order valence-electron chi connectivity index (χ1n) is 9.58. The van der Waals surface area contributed by atoms with Gasteiger partial charge in [0.1, 0.15) is 0 Å². The Morgan fingerprint density at radius 3 is 2.75 bits per heavy atom. The van der Waals surface area contributed by atoms with Crippen molar-refractivity contribution < 1.29 is 0 Å². The van der Waals surface area contributed by atoms with Crippen LogP contribution >= 0.6 is 11.3 Å². The van der Waals surface area contributed by atoms with Gasteiger partial charge < -0.3 is 4.90 Å². The van der Waals surface area contributed by atoms with Gasteiger partial charge in [0, 0.05) is 43.0 Å². The maximum atomic E-state index is 12.2. The summed E-state index contributed by atoms with van der Waals surface area (Å²) in [5.41, 5.74) is 4.83. The number of nitrogens with zero attached hydrogens (tertiary/aromatic N) is 4. The van der Waals surface area contributed by atoms with Crippen LogP contribution in [0.15, 0.2) is 40.5 Å². The molecule has 1 fully saturated rings. The maximum Gasteiger partial charge on any atom is 0.348 e. The zero-order valence-electron chi connectivity index (χ0n) is 16.1. The minimum absolute atomic E-state index is 0.196. The third-order valence-electron chi connectivity index (χ3n) is 5.67. The van der Waals surface area contributed by atoms with Gasteiger partial charge in [-0.3, -0.25) is 4.90 Å². The first-order chi connectivity index (χ1) is 13.6. The number of rotatable bonds is 3. The number of aromatic nitrogens is 3. The number of aryl methyl sites for hydroxylation is 1. The number of thiophene rings is 1. The number of aromatic amines is 1. The topological polar surface area (TPSA) is 56.6 Å². The highest BCUT2D eigenvalue weighted by atomic mass is 32.1. The van der Waals surface area contributed by atoms with Gasteiger partial charge in [-0.15, -0.1) is 11.3 Å². The molecule has 1 N–H and O–H groups in total. The molecule has 0 saturated carbocycles. The second-order valence-electron chi connectivity index (χ2n) is 7.66. The molecule has 0 unspecified atom stereocenters. The molecule has 1 saturated heterocycles. The van der Waals surface area contributed by atoms with Crippen LogP contribution in [-0.2, 0) is 6.54 Å². The second kappa shape index (κ2) is 6.84. The lowest BCUT2D eigenvalue weighted by Crippen LogP contribution is -2.43. The lowest BCUT2D eigenvalue weighted by atomic mass is 10.0. The average molecular weight is 394 g/mol. The summed E-state index contributed by atoms with van der Waals surface area (Å²) >= 11 is 1.81. The summed E-state index contributed by atoms with van der Waals surface area (Å²) in [4.78, 5) is 18.5. The van der Waals surface area contributed by atoms with Gasteiger partial charge in [-0.25, -0.2) is 14.3 Å². The van der Waals surface area contributed by atoms with E-state index in [0.29, 0.717) is 5.65 Å². The van der Waals surface area contributed by atoms with Crippen molar-refractivity contribution in [3.63, 3.8) is 0 Å². The van der Waals surface area contributed by atoms with Gasteiger partial charge in [0.15, 0.2) is 5.65 Å². The SMILES string of the molecule is Cc1cc2n[nH]c(=O)n2c2cc(-c3csc(CN4CCN(C)CC4)c3)ccc12. The standard InChI is InChI=1S/C21H23N5OS/c1-14-9-20-22-23-21(27)26(20)19-11-15(3-4-18(14)19)16-10-17(28-13-16)12-25-7-5-24(2)6-8-25/h3-4,9-11,13H,5-8,12H2,1-2H3,(H,23,27). The summed E-state index contributed by atoms with van der Waals surface area (Å²) in [6.45, 7) is 7.59. The van der Waals surface area contributed by atoms with E-state index in [1.54, 1.807) is 4.40 Å². The largest absolute Gasteiger partial charge is 0.348 e. The molecule has 0 aliphatic carbocycles. The molecular formula is C21H23N5OS. The van der Waals surface area contributed by atoms with Gasteiger partial charge >= 0.3 is 5.69 Å². The molecule has 144 valence electrons. The Balaban J connectivity index is 1.50. The number of pyridine rings is 1. The number of hydrogen-bond donors (Lipinski definition) is 1. The predicted octanol–water partition coefficient (Wildman–Crippen LogP) is 2.96. The number of likely N-dealkylation sites (N-methyl/N-ethyl adjacent to an activating group) is 1. The quantitative estimate of drug-likeness (QED) is 0.581. The summed E-state index contributed by atoms with van der Waals surface area (Å²) in [7, 11) is 2.18. The molecule has 0 atom stereocenters. The molecule has 0 radical (unpaired) electrons. The monoisotopic (exact) mass is 393 g/mol. The van der Waals surface area contributed by atoms with Crippen LogP contribution in [0.3, 0.4) is 0 Å². The van der Waals surface area contributed by atoms with Crippen molar-refractivity contribution in [1.82, 2.24) is 24.4 Å². The van der Waals surface area contributed by atoms with Crippen LogP contribution in [0, 0.1) is 6.92 Å². The molecule has 0 amide bonds. The van der Waals surface area contributed by atoms with Crippen molar-refractivity contribution in [3.05, 3.63) is 56.6 Å².